The summed E-state index contributed by atoms with van der Waals surface area (Å²) < 4.78 is 3.25. The van der Waals surface area contributed by atoms with Gasteiger partial charge in [-0.2, -0.15) is 10.2 Å². The lowest BCUT2D eigenvalue weighted by Gasteiger charge is -2.20. The van der Waals surface area contributed by atoms with Gasteiger partial charge in [-0.05, 0) is 32.4 Å². The summed E-state index contributed by atoms with van der Waals surface area (Å²) >= 11 is 0. The maximum absolute atomic E-state index is 12.8. The third kappa shape index (κ3) is 2.89. The van der Waals surface area contributed by atoms with Crippen molar-refractivity contribution in [1.82, 2.24) is 24.5 Å². The van der Waals surface area contributed by atoms with E-state index in [9.17, 15) is 9.59 Å². The quantitative estimate of drug-likeness (QED) is 0.704. The number of nitrogens with zero attached hydrogens (tertiary/aromatic N) is 5. The number of carbonyl (C=O) groups is 1. The van der Waals surface area contributed by atoms with E-state index >= 15 is 0 Å². The van der Waals surface area contributed by atoms with Gasteiger partial charge >= 0.3 is 0 Å². The Balaban J connectivity index is 1.61. The van der Waals surface area contributed by atoms with Crippen LogP contribution in [0.3, 0.4) is 0 Å². The van der Waals surface area contributed by atoms with Crippen LogP contribution < -0.4 is 5.56 Å². The molecule has 1 amide bonds. The molecule has 0 atom stereocenters. The zero-order valence-corrected chi connectivity index (χ0v) is 15.0. The molecule has 0 unspecified atom stereocenters. The molecular formula is C19H21N5O2. The Morgan fingerprint density at radius 3 is 2.69 bits per heavy atom. The first-order chi connectivity index (χ1) is 12.5. The van der Waals surface area contributed by atoms with Crippen molar-refractivity contribution in [2.24, 2.45) is 0 Å². The number of fused-ring (bicyclic) bond motifs is 2. The molecule has 0 saturated carbocycles. The van der Waals surface area contributed by atoms with E-state index in [1.54, 1.807) is 11.0 Å². The number of carbonyl (C=O) groups excluding carboxylic acids is 1. The SMILES string of the molecule is Cc1cc2n(n1)CCCN(C(=O)Cn1nc(C)c3ccccc3c1=O)C2. The van der Waals surface area contributed by atoms with Gasteiger partial charge in [0.2, 0.25) is 5.91 Å². The molecule has 3 heterocycles. The van der Waals surface area contributed by atoms with Crippen molar-refractivity contribution in [3.63, 3.8) is 0 Å². The van der Waals surface area contributed by atoms with Gasteiger partial charge in [-0.25, -0.2) is 4.68 Å². The first kappa shape index (κ1) is 16.5. The average Bonchev–Trinajstić information content (AvgIpc) is 2.86. The molecular weight excluding hydrogens is 330 g/mol. The maximum atomic E-state index is 12.8. The van der Waals surface area contributed by atoms with Crippen LogP contribution in [0.4, 0.5) is 0 Å². The summed E-state index contributed by atoms with van der Waals surface area (Å²) in [5.41, 5.74) is 2.51. The molecule has 4 rings (SSSR count). The van der Waals surface area contributed by atoms with Gasteiger partial charge in [0.05, 0.1) is 29.0 Å². The van der Waals surface area contributed by atoms with Gasteiger partial charge in [-0.1, -0.05) is 18.2 Å². The predicted octanol–water partition coefficient (Wildman–Crippen LogP) is 1.64. The van der Waals surface area contributed by atoms with Crippen molar-refractivity contribution in [2.75, 3.05) is 6.54 Å². The Kier molecular flexibility index (Phi) is 4.06. The molecule has 0 fully saturated rings. The zero-order chi connectivity index (χ0) is 18.3. The Morgan fingerprint density at radius 2 is 1.88 bits per heavy atom. The topological polar surface area (TPSA) is 73.0 Å². The van der Waals surface area contributed by atoms with E-state index < -0.39 is 0 Å². The fourth-order valence-electron chi connectivity index (χ4n) is 3.56. The second-order valence-electron chi connectivity index (χ2n) is 6.76. The minimum Gasteiger partial charge on any atom is -0.335 e. The molecule has 0 N–H and O–H groups in total. The largest absolute Gasteiger partial charge is 0.335 e. The van der Waals surface area contributed by atoms with E-state index in [0.717, 1.165) is 35.4 Å². The number of aromatic nitrogens is 4. The highest BCUT2D eigenvalue weighted by molar-refractivity contribution is 5.83. The van der Waals surface area contributed by atoms with Crippen molar-refractivity contribution < 1.29 is 4.79 Å². The predicted molar refractivity (Wildman–Crippen MR) is 97.7 cm³/mol. The van der Waals surface area contributed by atoms with Crippen LogP contribution in [0.5, 0.6) is 0 Å². The van der Waals surface area contributed by atoms with E-state index in [1.807, 2.05) is 42.8 Å². The maximum Gasteiger partial charge on any atom is 0.275 e. The third-order valence-corrected chi connectivity index (χ3v) is 4.83. The summed E-state index contributed by atoms with van der Waals surface area (Å²) in [6, 6.07) is 9.38. The van der Waals surface area contributed by atoms with Gasteiger partial charge in [0, 0.05) is 18.5 Å². The van der Waals surface area contributed by atoms with Crippen LogP contribution >= 0.6 is 0 Å². The molecule has 26 heavy (non-hydrogen) atoms. The summed E-state index contributed by atoms with van der Waals surface area (Å²) in [6.45, 7) is 5.74. The fraction of sp³-hybridized carbons (Fsp3) is 0.368. The summed E-state index contributed by atoms with van der Waals surface area (Å²) in [5.74, 6) is -0.0958. The summed E-state index contributed by atoms with van der Waals surface area (Å²) in [4.78, 5) is 27.3. The molecule has 134 valence electrons. The van der Waals surface area contributed by atoms with Crippen molar-refractivity contribution in [3.8, 4) is 0 Å². The molecule has 0 bridgehead atoms. The minimum absolute atomic E-state index is 0.0440. The second kappa shape index (κ2) is 6.40. The van der Waals surface area contributed by atoms with Crippen LogP contribution in [0.15, 0.2) is 35.1 Å². The Bertz CT molecular complexity index is 1050. The number of rotatable bonds is 2. The van der Waals surface area contributed by atoms with Crippen molar-refractivity contribution in [1.29, 1.82) is 0 Å². The Hall–Kier alpha value is -2.96. The molecule has 1 aromatic carbocycles. The number of aryl methyl sites for hydroxylation is 3. The Labute approximate surface area is 150 Å². The molecule has 0 aliphatic carbocycles. The van der Waals surface area contributed by atoms with Crippen molar-refractivity contribution in [3.05, 3.63) is 57.8 Å². The first-order valence-corrected chi connectivity index (χ1v) is 8.80. The lowest BCUT2D eigenvalue weighted by Crippen LogP contribution is -2.37. The average molecular weight is 351 g/mol. The normalized spacial score (nSPS) is 14.3. The third-order valence-electron chi connectivity index (χ3n) is 4.83. The number of amides is 1. The van der Waals surface area contributed by atoms with E-state index in [1.165, 1.54) is 4.68 Å². The highest BCUT2D eigenvalue weighted by Gasteiger charge is 2.21. The van der Waals surface area contributed by atoms with E-state index in [4.69, 9.17) is 0 Å². The van der Waals surface area contributed by atoms with Gasteiger partial charge in [0.25, 0.3) is 5.56 Å². The number of hydrogen-bond donors (Lipinski definition) is 0. The molecule has 0 spiro atoms. The van der Waals surface area contributed by atoms with Gasteiger partial charge in [-0.15, -0.1) is 0 Å². The smallest absolute Gasteiger partial charge is 0.275 e. The van der Waals surface area contributed by atoms with Gasteiger partial charge in [-0.3, -0.25) is 14.3 Å². The molecule has 7 heteroatoms. The van der Waals surface area contributed by atoms with Gasteiger partial charge < -0.3 is 4.90 Å². The van der Waals surface area contributed by atoms with Gasteiger partial charge in [0.1, 0.15) is 6.54 Å². The fourth-order valence-corrected chi connectivity index (χ4v) is 3.56. The second-order valence-corrected chi connectivity index (χ2v) is 6.76. The van der Waals surface area contributed by atoms with Crippen LogP contribution in [-0.4, -0.2) is 36.9 Å². The summed E-state index contributed by atoms with van der Waals surface area (Å²) in [6.07, 6.45) is 0.846. The molecule has 1 aliphatic heterocycles. The van der Waals surface area contributed by atoms with Crippen LogP contribution in [0.25, 0.3) is 10.8 Å². The summed E-state index contributed by atoms with van der Waals surface area (Å²) in [5, 5.41) is 10.2. The van der Waals surface area contributed by atoms with Crippen LogP contribution in [0.2, 0.25) is 0 Å². The van der Waals surface area contributed by atoms with E-state index in [0.29, 0.717) is 18.5 Å². The van der Waals surface area contributed by atoms with Crippen molar-refractivity contribution in [2.45, 2.75) is 39.9 Å². The monoisotopic (exact) mass is 351 g/mol. The van der Waals surface area contributed by atoms with Crippen LogP contribution in [0, 0.1) is 13.8 Å². The standard InChI is InChI=1S/C19H21N5O2/c1-13-10-15-11-22(8-5-9-23(15)20-13)18(25)12-24-19(26)17-7-4-3-6-16(17)14(2)21-24/h3-4,6-7,10H,5,8-9,11-12H2,1-2H3. The molecule has 3 aromatic rings. The van der Waals surface area contributed by atoms with E-state index in [2.05, 4.69) is 10.2 Å². The van der Waals surface area contributed by atoms with Crippen LogP contribution in [0.1, 0.15) is 23.5 Å². The van der Waals surface area contributed by atoms with Gasteiger partial charge in [0.15, 0.2) is 0 Å². The van der Waals surface area contributed by atoms with E-state index in [-0.39, 0.29) is 18.0 Å². The van der Waals surface area contributed by atoms with Crippen molar-refractivity contribution >= 4 is 16.7 Å². The highest BCUT2D eigenvalue weighted by atomic mass is 16.2. The molecule has 1 aliphatic rings. The number of hydrogen-bond acceptors (Lipinski definition) is 4. The zero-order valence-electron chi connectivity index (χ0n) is 15.0. The number of benzene rings is 1. The molecule has 0 radical (unpaired) electrons. The first-order valence-electron chi connectivity index (χ1n) is 8.80. The summed E-state index contributed by atoms with van der Waals surface area (Å²) in [7, 11) is 0. The highest BCUT2D eigenvalue weighted by Crippen LogP contribution is 2.15. The lowest BCUT2D eigenvalue weighted by atomic mass is 10.1. The lowest BCUT2D eigenvalue weighted by molar-refractivity contribution is -0.132. The molecule has 7 nitrogen and oxygen atoms in total. The van der Waals surface area contributed by atoms with Crippen LogP contribution in [-0.2, 0) is 24.4 Å². The molecule has 2 aromatic heterocycles. The Morgan fingerprint density at radius 1 is 1.12 bits per heavy atom. The molecule has 0 saturated heterocycles. The minimum atomic E-state index is -0.227.